The van der Waals surface area contributed by atoms with Crippen LogP contribution >= 0.6 is 0 Å². The third kappa shape index (κ3) is 6.25. The molecule has 1 atom stereocenters. The van der Waals surface area contributed by atoms with Crippen molar-refractivity contribution >= 4 is 11.9 Å². The van der Waals surface area contributed by atoms with Crippen molar-refractivity contribution in [2.24, 2.45) is 0 Å². The summed E-state index contributed by atoms with van der Waals surface area (Å²) in [6, 6.07) is 16.3. The minimum absolute atomic E-state index is 0.0164. The number of halogens is 1. The average Bonchev–Trinajstić information content (AvgIpc) is 2.85. The van der Waals surface area contributed by atoms with Crippen molar-refractivity contribution in [3.05, 3.63) is 89.5 Å². The molecule has 0 spiro atoms. The Morgan fingerprint density at radius 2 is 1.85 bits per heavy atom. The summed E-state index contributed by atoms with van der Waals surface area (Å²) in [6.07, 6.45) is 4.34. The normalized spacial score (nSPS) is 11.6. The van der Waals surface area contributed by atoms with Crippen molar-refractivity contribution < 1.29 is 18.7 Å². The number of rotatable bonds is 9. The smallest absolute Gasteiger partial charge is 0.312 e. The molecule has 0 fully saturated rings. The highest BCUT2D eigenvalue weighted by atomic mass is 19.1. The largest absolute Gasteiger partial charge is 0.469 e. The van der Waals surface area contributed by atoms with Gasteiger partial charge in [0.2, 0.25) is 5.91 Å². The number of pyridine rings is 1. The summed E-state index contributed by atoms with van der Waals surface area (Å²) >= 11 is 0. The van der Waals surface area contributed by atoms with Gasteiger partial charge >= 0.3 is 5.97 Å². The molecule has 0 aliphatic carbocycles. The molecule has 0 aliphatic heterocycles. The molecule has 5 nitrogen and oxygen atoms in total. The van der Waals surface area contributed by atoms with E-state index in [1.165, 1.54) is 19.2 Å². The monoisotopic (exact) mass is 448 g/mol. The zero-order valence-electron chi connectivity index (χ0n) is 19.3. The first kappa shape index (κ1) is 24.1. The van der Waals surface area contributed by atoms with Crippen molar-refractivity contribution in [3.63, 3.8) is 0 Å². The Hall–Kier alpha value is -3.54. The molecule has 3 rings (SSSR count). The molecule has 0 bridgehead atoms. The van der Waals surface area contributed by atoms with Crippen molar-refractivity contribution in [3.8, 4) is 11.1 Å². The van der Waals surface area contributed by atoms with Gasteiger partial charge in [-0.25, -0.2) is 4.39 Å². The zero-order chi connectivity index (χ0) is 23.8. The second kappa shape index (κ2) is 11.4. The summed E-state index contributed by atoms with van der Waals surface area (Å²) in [7, 11) is 1.35. The van der Waals surface area contributed by atoms with E-state index in [4.69, 9.17) is 4.74 Å². The third-order valence-corrected chi connectivity index (χ3v) is 5.76. The zero-order valence-corrected chi connectivity index (χ0v) is 19.3. The molecule has 1 heterocycles. The molecular formula is C27H29FN2O3. The summed E-state index contributed by atoms with van der Waals surface area (Å²) in [5, 5.41) is 0. The van der Waals surface area contributed by atoms with Gasteiger partial charge in [0.25, 0.3) is 0 Å². The van der Waals surface area contributed by atoms with E-state index in [0.717, 1.165) is 16.7 Å². The number of hydrogen-bond donors (Lipinski definition) is 0. The molecule has 1 unspecified atom stereocenters. The van der Waals surface area contributed by atoms with Gasteiger partial charge in [0.1, 0.15) is 5.82 Å². The van der Waals surface area contributed by atoms with Crippen LogP contribution in [0.15, 0.2) is 67.0 Å². The molecule has 1 aromatic heterocycles. The molecular weight excluding hydrogens is 419 g/mol. The van der Waals surface area contributed by atoms with Crippen LogP contribution in [0, 0.1) is 5.82 Å². The predicted octanol–water partition coefficient (Wildman–Crippen LogP) is 5.15. The van der Waals surface area contributed by atoms with Crippen molar-refractivity contribution in [1.29, 1.82) is 0 Å². The van der Waals surface area contributed by atoms with Gasteiger partial charge in [0, 0.05) is 37.5 Å². The van der Waals surface area contributed by atoms with E-state index in [0.29, 0.717) is 30.5 Å². The van der Waals surface area contributed by atoms with E-state index >= 15 is 0 Å². The van der Waals surface area contributed by atoms with E-state index in [-0.39, 0.29) is 24.2 Å². The first-order valence-electron chi connectivity index (χ1n) is 11.1. The predicted molar refractivity (Wildman–Crippen MR) is 126 cm³/mol. The van der Waals surface area contributed by atoms with Gasteiger partial charge in [-0.2, -0.15) is 0 Å². The fourth-order valence-electron chi connectivity index (χ4n) is 3.77. The van der Waals surface area contributed by atoms with Crippen LogP contribution in [0.1, 0.15) is 42.9 Å². The lowest BCUT2D eigenvalue weighted by molar-refractivity contribution is -0.142. The standard InChI is InChI=1S/C27H29FN2O3/c1-4-30(26(31)13-10-20-8-6-5-7-9-20)18-23-15-24(28)11-12-25(23)22-14-21(16-29-17-22)19(2)27(32)33-3/h5-9,11-12,14-17,19H,4,10,13,18H2,1-3H3. The lowest BCUT2D eigenvalue weighted by atomic mass is 9.96. The molecule has 0 saturated heterocycles. The summed E-state index contributed by atoms with van der Waals surface area (Å²) in [5.74, 6) is -1.18. The average molecular weight is 449 g/mol. The van der Waals surface area contributed by atoms with Crippen LogP contribution in [-0.2, 0) is 27.3 Å². The van der Waals surface area contributed by atoms with Gasteiger partial charge in [0.15, 0.2) is 0 Å². The molecule has 172 valence electrons. The van der Waals surface area contributed by atoms with Gasteiger partial charge in [-0.1, -0.05) is 36.4 Å². The highest BCUT2D eigenvalue weighted by molar-refractivity contribution is 5.79. The lowest BCUT2D eigenvalue weighted by Gasteiger charge is -2.23. The maximum Gasteiger partial charge on any atom is 0.312 e. The number of aryl methyl sites for hydroxylation is 1. The fraction of sp³-hybridized carbons (Fsp3) is 0.296. The Balaban J connectivity index is 1.83. The maximum absolute atomic E-state index is 14.2. The van der Waals surface area contributed by atoms with E-state index in [1.54, 1.807) is 30.3 Å². The first-order valence-corrected chi connectivity index (χ1v) is 11.1. The van der Waals surface area contributed by atoms with Gasteiger partial charge < -0.3 is 9.64 Å². The Kier molecular flexibility index (Phi) is 8.30. The van der Waals surface area contributed by atoms with Gasteiger partial charge in [0.05, 0.1) is 13.0 Å². The number of carbonyl (C=O) groups excluding carboxylic acids is 2. The molecule has 33 heavy (non-hydrogen) atoms. The molecule has 3 aromatic rings. The number of amides is 1. The molecule has 0 saturated carbocycles. The van der Waals surface area contributed by atoms with Crippen LogP contribution < -0.4 is 0 Å². The number of ether oxygens (including phenoxy) is 1. The van der Waals surface area contributed by atoms with Crippen LogP contribution in [-0.4, -0.2) is 35.4 Å². The number of carbonyl (C=O) groups is 2. The molecule has 0 radical (unpaired) electrons. The second-order valence-electron chi connectivity index (χ2n) is 7.95. The van der Waals surface area contributed by atoms with Gasteiger partial charge in [-0.15, -0.1) is 0 Å². The third-order valence-electron chi connectivity index (χ3n) is 5.76. The number of hydrogen-bond acceptors (Lipinski definition) is 4. The van der Waals surface area contributed by atoms with Gasteiger partial charge in [-0.05, 0) is 60.7 Å². The van der Waals surface area contributed by atoms with E-state index < -0.39 is 5.92 Å². The minimum atomic E-state index is -0.474. The topological polar surface area (TPSA) is 59.5 Å². The van der Waals surface area contributed by atoms with Crippen LogP contribution in [0.2, 0.25) is 0 Å². The maximum atomic E-state index is 14.2. The Labute approximate surface area is 194 Å². The van der Waals surface area contributed by atoms with Crippen molar-refractivity contribution in [2.45, 2.75) is 39.2 Å². The van der Waals surface area contributed by atoms with Crippen molar-refractivity contribution in [1.82, 2.24) is 9.88 Å². The SMILES string of the molecule is CCN(Cc1cc(F)ccc1-c1cncc(C(C)C(=O)OC)c1)C(=O)CCc1ccccc1. The lowest BCUT2D eigenvalue weighted by Crippen LogP contribution is -2.30. The number of benzene rings is 2. The van der Waals surface area contributed by atoms with Crippen LogP contribution in [0.25, 0.3) is 11.1 Å². The molecule has 6 heteroatoms. The number of esters is 1. The number of aromatic nitrogens is 1. The van der Waals surface area contributed by atoms with Crippen LogP contribution in [0.4, 0.5) is 4.39 Å². The number of methoxy groups -OCH3 is 1. The van der Waals surface area contributed by atoms with E-state index in [2.05, 4.69) is 4.98 Å². The highest BCUT2D eigenvalue weighted by Gasteiger charge is 2.19. The molecule has 0 aliphatic rings. The van der Waals surface area contributed by atoms with Gasteiger partial charge in [-0.3, -0.25) is 14.6 Å². The summed E-state index contributed by atoms with van der Waals surface area (Å²) in [6.45, 7) is 4.47. The Bertz CT molecular complexity index is 1100. The van der Waals surface area contributed by atoms with Crippen LogP contribution in [0.3, 0.4) is 0 Å². The number of nitrogens with zero attached hydrogens (tertiary/aromatic N) is 2. The summed E-state index contributed by atoms with van der Waals surface area (Å²) < 4.78 is 19.0. The first-order chi connectivity index (χ1) is 15.9. The van der Waals surface area contributed by atoms with E-state index in [9.17, 15) is 14.0 Å². The Morgan fingerprint density at radius 3 is 2.55 bits per heavy atom. The fourth-order valence-corrected chi connectivity index (χ4v) is 3.77. The quantitative estimate of drug-likeness (QED) is 0.425. The molecule has 1 amide bonds. The minimum Gasteiger partial charge on any atom is -0.469 e. The summed E-state index contributed by atoms with van der Waals surface area (Å²) in [5.41, 5.74) is 4.04. The van der Waals surface area contributed by atoms with Crippen LogP contribution in [0.5, 0.6) is 0 Å². The summed E-state index contributed by atoms with van der Waals surface area (Å²) in [4.78, 5) is 30.9. The Morgan fingerprint density at radius 1 is 1.09 bits per heavy atom. The second-order valence-corrected chi connectivity index (χ2v) is 7.95. The van der Waals surface area contributed by atoms with E-state index in [1.807, 2.05) is 43.3 Å². The molecule has 0 N–H and O–H groups in total. The molecule has 2 aromatic carbocycles. The van der Waals surface area contributed by atoms with Crippen molar-refractivity contribution in [2.75, 3.05) is 13.7 Å². The highest BCUT2D eigenvalue weighted by Crippen LogP contribution is 2.28.